The molecule has 0 amide bonds. The molecule has 0 saturated heterocycles. The number of benzene rings is 1. The van der Waals surface area contributed by atoms with E-state index in [1.54, 1.807) is 10.7 Å². The van der Waals surface area contributed by atoms with Gasteiger partial charge in [0.15, 0.2) is 5.65 Å². The topological polar surface area (TPSA) is 71.3 Å². The summed E-state index contributed by atoms with van der Waals surface area (Å²) in [4.78, 5) is 4.67. The van der Waals surface area contributed by atoms with Gasteiger partial charge in [0.2, 0.25) is 0 Å². The summed E-state index contributed by atoms with van der Waals surface area (Å²) < 4.78 is 11.4. The van der Waals surface area contributed by atoms with E-state index in [4.69, 9.17) is 16.3 Å². The number of anilines is 1. The Kier molecular flexibility index (Phi) is 7.55. The normalized spacial score (nSPS) is 10.1. The van der Waals surface area contributed by atoms with Crippen LogP contribution in [0.2, 0.25) is 11.8 Å². The molecule has 0 fully saturated rings. The Bertz CT molecular complexity index is 858. The molecule has 25 heavy (non-hydrogen) atoms. The van der Waals surface area contributed by atoms with Crippen LogP contribution >= 0.6 is 27.5 Å². The molecule has 1 aromatic carbocycles. The van der Waals surface area contributed by atoms with Gasteiger partial charge in [0.05, 0.1) is 16.4 Å². The van der Waals surface area contributed by atoms with Crippen LogP contribution in [-0.2, 0) is 4.70 Å². The van der Waals surface area contributed by atoms with Crippen molar-refractivity contribution in [3.8, 4) is 11.3 Å². The molecule has 130 valence electrons. The fraction of sp³-hybridized carbons (Fsp3) is 0.250. The van der Waals surface area contributed by atoms with Crippen LogP contribution in [-0.4, -0.2) is 41.9 Å². The zero-order valence-corrected chi connectivity index (χ0v) is 16.3. The van der Waals surface area contributed by atoms with Crippen LogP contribution in [0.1, 0.15) is 0 Å². The molecule has 6 nitrogen and oxygen atoms in total. The van der Waals surface area contributed by atoms with Crippen molar-refractivity contribution in [1.29, 1.82) is 0 Å². The van der Waals surface area contributed by atoms with Gasteiger partial charge in [-0.1, -0.05) is 29.8 Å². The molecule has 2 N–H and O–H groups in total. The minimum absolute atomic E-state index is 0.677. The van der Waals surface area contributed by atoms with Crippen LogP contribution < -0.4 is 10.6 Å². The van der Waals surface area contributed by atoms with E-state index in [0.29, 0.717) is 5.02 Å². The average Bonchev–Trinajstić information content (AvgIpc) is 2.98. The Hall–Kier alpha value is -1.77. The molecule has 2 heterocycles. The quantitative estimate of drug-likeness (QED) is 0.486. The first kappa shape index (κ1) is 19.6. The number of hydrogen-bond donors (Lipinski definition) is 2. The summed E-state index contributed by atoms with van der Waals surface area (Å²) in [6, 6.07) is 9.65. The van der Waals surface area contributed by atoms with Gasteiger partial charge >= 0.3 is 18.7 Å². The Morgan fingerprint density at radius 2 is 2.04 bits per heavy atom. The fourth-order valence-electron chi connectivity index (χ4n) is 2.18. The van der Waals surface area contributed by atoms with E-state index in [1.165, 1.54) is 6.82 Å². The van der Waals surface area contributed by atoms with E-state index in [-0.39, 0.29) is 0 Å². The first-order chi connectivity index (χ1) is 12.1. The summed E-state index contributed by atoms with van der Waals surface area (Å²) in [5.74, 6) is 0.876. The molecule has 0 atom stereocenters. The molecule has 0 saturated carbocycles. The number of nitrogens with one attached hydrogen (secondary N) is 2. The molecule has 2 aromatic heterocycles. The number of halogens is 2. The van der Waals surface area contributed by atoms with Crippen molar-refractivity contribution in [1.82, 2.24) is 19.9 Å². The number of rotatable bonds is 5. The SMILES string of the molecule is CB=O.CNCCNc1cc(-c2ccccc2Cl)nc2c(Br)cnn12. The molecule has 3 aromatic rings. The van der Waals surface area contributed by atoms with Crippen LogP contribution in [0.5, 0.6) is 0 Å². The molecule has 0 aliphatic carbocycles. The maximum Gasteiger partial charge on any atom is 0.172 e. The predicted octanol–water partition coefficient (Wildman–Crippen LogP) is 3.53. The predicted molar refractivity (Wildman–Crippen MR) is 106 cm³/mol. The van der Waals surface area contributed by atoms with Gasteiger partial charge in [-0.3, -0.25) is 0 Å². The maximum absolute atomic E-state index is 8.81. The van der Waals surface area contributed by atoms with Crippen LogP contribution in [0, 0.1) is 0 Å². The average molecular weight is 423 g/mol. The van der Waals surface area contributed by atoms with Crippen LogP contribution in [0.15, 0.2) is 41.0 Å². The summed E-state index contributed by atoms with van der Waals surface area (Å²) >= 11 is 9.79. The zero-order valence-electron chi connectivity index (χ0n) is 14.0. The van der Waals surface area contributed by atoms with Crippen molar-refractivity contribution >= 4 is 46.1 Å². The number of fused-ring (bicyclic) bond motifs is 1. The van der Waals surface area contributed by atoms with E-state index >= 15 is 0 Å². The second-order valence-corrected chi connectivity index (χ2v) is 6.26. The summed E-state index contributed by atoms with van der Waals surface area (Å²) in [5.41, 5.74) is 2.46. The summed E-state index contributed by atoms with van der Waals surface area (Å²) in [6.45, 7) is 3.09. The van der Waals surface area contributed by atoms with E-state index in [2.05, 4.69) is 36.6 Å². The standard InChI is InChI=1S/C15H15BrClN5.CH3BO/c1-18-6-7-19-14-8-13(10-4-2-3-5-12(10)17)21-15-11(16)9-20-22(14)15;1-2-3/h2-5,8-9,18-19H,6-7H2,1H3;1H3. The van der Waals surface area contributed by atoms with Gasteiger partial charge in [0, 0.05) is 29.7 Å². The number of hydrogen-bond acceptors (Lipinski definition) is 5. The number of likely N-dealkylation sites (N-methyl/N-ethyl adjacent to an activating group) is 1. The van der Waals surface area contributed by atoms with Crippen molar-refractivity contribution in [3.05, 3.63) is 46.0 Å². The van der Waals surface area contributed by atoms with Gasteiger partial charge in [0.1, 0.15) is 5.82 Å². The minimum atomic E-state index is 0.677. The Morgan fingerprint density at radius 3 is 2.72 bits per heavy atom. The van der Waals surface area contributed by atoms with E-state index in [0.717, 1.165) is 47.4 Å². The van der Waals surface area contributed by atoms with Gasteiger partial charge in [-0.2, -0.15) is 9.61 Å². The second-order valence-electron chi connectivity index (χ2n) is 5.00. The molecule has 0 bridgehead atoms. The fourth-order valence-corrected chi connectivity index (χ4v) is 2.77. The van der Waals surface area contributed by atoms with Crippen molar-refractivity contribution in [2.75, 3.05) is 25.5 Å². The summed E-state index contributed by atoms with van der Waals surface area (Å²) in [5, 5.41) is 11.5. The largest absolute Gasteiger partial charge is 0.369 e. The Morgan fingerprint density at radius 1 is 1.32 bits per heavy atom. The molecule has 0 spiro atoms. The summed E-state index contributed by atoms with van der Waals surface area (Å²) in [7, 11) is 2.67. The van der Waals surface area contributed by atoms with E-state index < -0.39 is 0 Å². The first-order valence-corrected chi connectivity index (χ1v) is 8.87. The summed E-state index contributed by atoms with van der Waals surface area (Å²) in [6.07, 6.45) is 1.74. The molecule has 0 aliphatic heterocycles. The van der Waals surface area contributed by atoms with Crippen molar-refractivity contribution in [3.63, 3.8) is 0 Å². The Balaban J connectivity index is 0.000000701. The van der Waals surface area contributed by atoms with Gasteiger partial charge < -0.3 is 10.6 Å². The maximum atomic E-state index is 8.81. The molecule has 0 unspecified atom stereocenters. The minimum Gasteiger partial charge on any atom is -0.369 e. The van der Waals surface area contributed by atoms with Gasteiger partial charge in [-0.25, -0.2) is 4.98 Å². The monoisotopic (exact) mass is 421 g/mol. The smallest absolute Gasteiger partial charge is 0.172 e. The molecule has 0 radical (unpaired) electrons. The molecule has 0 aliphatic rings. The van der Waals surface area contributed by atoms with Gasteiger partial charge in [-0.05, 0) is 29.0 Å². The molecular weight excluding hydrogens is 404 g/mol. The number of aromatic nitrogens is 3. The number of nitrogens with zero attached hydrogens (tertiary/aromatic N) is 3. The van der Waals surface area contributed by atoms with Crippen LogP contribution in [0.4, 0.5) is 5.82 Å². The van der Waals surface area contributed by atoms with Crippen molar-refractivity contribution < 1.29 is 4.70 Å². The third kappa shape index (κ3) is 4.87. The first-order valence-electron chi connectivity index (χ1n) is 7.69. The van der Waals surface area contributed by atoms with Crippen molar-refractivity contribution in [2.45, 2.75) is 6.82 Å². The van der Waals surface area contributed by atoms with E-state index in [9.17, 15) is 0 Å². The van der Waals surface area contributed by atoms with Crippen molar-refractivity contribution in [2.24, 2.45) is 0 Å². The van der Waals surface area contributed by atoms with Crippen LogP contribution in [0.3, 0.4) is 0 Å². The van der Waals surface area contributed by atoms with Gasteiger partial charge in [-0.15, -0.1) is 0 Å². The molecule has 9 heteroatoms. The second kappa shape index (κ2) is 9.65. The van der Waals surface area contributed by atoms with Crippen LogP contribution in [0.25, 0.3) is 16.9 Å². The van der Waals surface area contributed by atoms with E-state index in [1.807, 2.05) is 37.4 Å². The zero-order chi connectivity index (χ0) is 18.2. The van der Waals surface area contributed by atoms with Gasteiger partial charge in [0.25, 0.3) is 0 Å². The Labute approximate surface area is 160 Å². The molecular formula is C16H18BBrClN5O. The third-order valence-corrected chi connectivity index (χ3v) is 4.15. The third-order valence-electron chi connectivity index (χ3n) is 3.26. The molecule has 3 rings (SSSR count).